The Balaban J connectivity index is 1.93. The molecule has 1 aromatic carbocycles. The minimum atomic E-state index is -4.61. The number of amides is 1. The van der Waals surface area contributed by atoms with Gasteiger partial charge >= 0.3 is 12.3 Å². The van der Waals surface area contributed by atoms with Crippen molar-refractivity contribution in [2.45, 2.75) is 38.6 Å². The number of alkyl halides is 3. The summed E-state index contributed by atoms with van der Waals surface area (Å²) in [7, 11) is 0. The Morgan fingerprint density at radius 1 is 1.10 bits per heavy atom. The number of hydrogen-bond acceptors (Lipinski definition) is 5. The third-order valence-corrected chi connectivity index (χ3v) is 4.48. The minimum Gasteiger partial charge on any atom is -0.444 e. The van der Waals surface area contributed by atoms with E-state index >= 15 is 0 Å². The summed E-state index contributed by atoms with van der Waals surface area (Å²) in [6.45, 7) is 5.76. The van der Waals surface area contributed by atoms with Crippen molar-refractivity contribution in [1.29, 1.82) is 0 Å². The second kappa shape index (κ2) is 8.08. The second-order valence-corrected chi connectivity index (χ2v) is 7.93. The largest absolute Gasteiger partial charge is 0.444 e. The maximum Gasteiger partial charge on any atom is 0.433 e. The third-order valence-electron chi connectivity index (χ3n) is 4.48. The van der Waals surface area contributed by atoms with Gasteiger partial charge in [0, 0.05) is 25.8 Å². The van der Waals surface area contributed by atoms with Crippen LogP contribution in [-0.2, 0) is 10.9 Å². The van der Waals surface area contributed by atoms with E-state index in [9.17, 15) is 22.4 Å². The molecule has 30 heavy (non-hydrogen) atoms. The summed E-state index contributed by atoms with van der Waals surface area (Å²) in [5, 5.41) is 0. The zero-order valence-electron chi connectivity index (χ0n) is 16.8. The lowest BCUT2D eigenvalue weighted by Gasteiger charge is -2.42. The van der Waals surface area contributed by atoms with Gasteiger partial charge in [0.2, 0.25) is 5.95 Å². The normalized spacial score (nSPS) is 17.8. The molecule has 162 valence electrons. The van der Waals surface area contributed by atoms with Gasteiger partial charge in [0.05, 0.1) is 6.04 Å². The molecule has 0 aliphatic carbocycles. The highest BCUT2D eigenvalue weighted by Gasteiger charge is 2.37. The first kappa shape index (κ1) is 21.8. The summed E-state index contributed by atoms with van der Waals surface area (Å²) in [5.74, 6) is -0.552. The van der Waals surface area contributed by atoms with Crippen molar-refractivity contribution in [2.75, 3.05) is 24.5 Å². The van der Waals surface area contributed by atoms with Gasteiger partial charge in [-0.2, -0.15) is 13.2 Å². The van der Waals surface area contributed by atoms with Crippen LogP contribution in [0, 0.1) is 5.82 Å². The first-order chi connectivity index (χ1) is 13.9. The molecule has 3 rings (SSSR count). The first-order valence-electron chi connectivity index (χ1n) is 9.34. The van der Waals surface area contributed by atoms with Crippen molar-refractivity contribution in [3.05, 3.63) is 53.6 Å². The van der Waals surface area contributed by atoms with E-state index in [-0.39, 0.29) is 25.6 Å². The van der Waals surface area contributed by atoms with Crippen LogP contribution in [0.5, 0.6) is 0 Å². The minimum absolute atomic E-state index is 0.108. The van der Waals surface area contributed by atoms with E-state index in [1.54, 1.807) is 25.7 Å². The topological polar surface area (TPSA) is 58.6 Å². The average Bonchev–Trinajstić information content (AvgIpc) is 2.66. The highest BCUT2D eigenvalue weighted by Crippen LogP contribution is 2.32. The maximum absolute atomic E-state index is 13.4. The van der Waals surface area contributed by atoms with Gasteiger partial charge in [-0.15, -0.1) is 0 Å². The van der Waals surface area contributed by atoms with Crippen LogP contribution in [0.25, 0.3) is 0 Å². The van der Waals surface area contributed by atoms with Gasteiger partial charge in [-0.1, -0.05) is 12.1 Å². The molecule has 1 atom stereocenters. The summed E-state index contributed by atoms with van der Waals surface area (Å²) in [4.78, 5) is 23.3. The molecule has 2 aromatic rings. The van der Waals surface area contributed by atoms with E-state index in [0.717, 1.165) is 12.3 Å². The number of nitrogens with zero attached hydrogens (tertiary/aromatic N) is 4. The number of aromatic nitrogens is 2. The van der Waals surface area contributed by atoms with Gasteiger partial charge < -0.3 is 14.5 Å². The number of ether oxygens (including phenoxy) is 1. The van der Waals surface area contributed by atoms with Crippen LogP contribution in [-0.4, -0.2) is 46.2 Å². The maximum atomic E-state index is 13.4. The van der Waals surface area contributed by atoms with Crippen LogP contribution >= 0.6 is 0 Å². The number of carbonyl (C=O) groups is 1. The second-order valence-electron chi connectivity index (χ2n) is 7.93. The molecule has 0 unspecified atom stereocenters. The van der Waals surface area contributed by atoms with Crippen LogP contribution in [0.1, 0.15) is 38.1 Å². The predicted octanol–water partition coefficient (Wildman–Crippen LogP) is 4.43. The van der Waals surface area contributed by atoms with E-state index in [0.29, 0.717) is 5.56 Å². The number of benzene rings is 1. The molecular weight excluding hydrogens is 404 g/mol. The highest BCUT2D eigenvalue weighted by atomic mass is 19.4. The Hall–Kier alpha value is -2.91. The summed E-state index contributed by atoms with van der Waals surface area (Å²) >= 11 is 0. The summed E-state index contributed by atoms with van der Waals surface area (Å²) in [6, 6.07) is 5.79. The van der Waals surface area contributed by atoms with Gasteiger partial charge in [-0.3, -0.25) is 0 Å². The lowest BCUT2D eigenvalue weighted by atomic mass is 10.0. The first-order valence-corrected chi connectivity index (χ1v) is 9.34. The molecule has 0 N–H and O–H groups in total. The Labute approximate surface area is 171 Å². The number of anilines is 1. The van der Waals surface area contributed by atoms with Crippen molar-refractivity contribution < 1.29 is 27.1 Å². The van der Waals surface area contributed by atoms with Gasteiger partial charge in [0.1, 0.15) is 17.1 Å². The molecule has 1 aliphatic rings. The van der Waals surface area contributed by atoms with Gasteiger partial charge in [-0.25, -0.2) is 19.2 Å². The van der Waals surface area contributed by atoms with Crippen LogP contribution in [0.4, 0.5) is 28.3 Å². The van der Waals surface area contributed by atoms with E-state index in [2.05, 4.69) is 9.97 Å². The number of piperazine rings is 1. The van der Waals surface area contributed by atoms with Crippen molar-refractivity contribution in [3.8, 4) is 0 Å². The fourth-order valence-electron chi connectivity index (χ4n) is 3.13. The molecule has 2 heterocycles. The predicted molar refractivity (Wildman–Crippen MR) is 101 cm³/mol. The number of rotatable bonds is 2. The monoisotopic (exact) mass is 426 g/mol. The molecule has 0 spiro atoms. The number of carbonyl (C=O) groups excluding carboxylic acids is 1. The zero-order chi connectivity index (χ0) is 22.1. The SMILES string of the molecule is CC(C)(C)OC(=O)N1CCN(c2nccc(C(F)(F)F)n2)[C@H](c2ccc(F)cc2)C1. The molecule has 6 nitrogen and oxygen atoms in total. The molecule has 0 saturated carbocycles. The number of halogens is 4. The Bertz CT molecular complexity index is 897. The lowest BCUT2D eigenvalue weighted by molar-refractivity contribution is -0.141. The summed E-state index contributed by atoms with van der Waals surface area (Å²) in [6.07, 6.45) is -4.09. The van der Waals surface area contributed by atoms with Gasteiger partial charge in [0.25, 0.3) is 0 Å². The van der Waals surface area contributed by atoms with Gasteiger partial charge in [0.15, 0.2) is 0 Å². The smallest absolute Gasteiger partial charge is 0.433 e. The van der Waals surface area contributed by atoms with E-state index in [1.807, 2.05) is 0 Å². The Morgan fingerprint density at radius 3 is 2.37 bits per heavy atom. The fraction of sp³-hybridized carbons (Fsp3) is 0.450. The zero-order valence-corrected chi connectivity index (χ0v) is 16.8. The molecule has 10 heteroatoms. The van der Waals surface area contributed by atoms with Crippen LogP contribution < -0.4 is 4.90 Å². The molecule has 1 fully saturated rings. The average molecular weight is 426 g/mol. The van der Waals surface area contributed by atoms with E-state index in [1.165, 1.54) is 29.2 Å². The standard InChI is InChI=1S/C20H22F4N4O2/c1-19(2,3)30-18(29)27-10-11-28(15(12-27)13-4-6-14(21)7-5-13)17-25-9-8-16(26-17)20(22,23)24/h4-9,15H,10-12H2,1-3H3/t15-/m0/s1. The highest BCUT2D eigenvalue weighted by molar-refractivity contribution is 5.68. The van der Waals surface area contributed by atoms with Crippen molar-refractivity contribution in [3.63, 3.8) is 0 Å². The lowest BCUT2D eigenvalue weighted by Crippen LogP contribution is -2.52. The Kier molecular flexibility index (Phi) is 5.87. The molecular formula is C20H22F4N4O2. The van der Waals surface area contributed by atoms with Crippen molar-refractivity contribution in [1.82, 2.24) is 14.9 Å². The van der Waals surface area contributed by atoms with E-state index < -0.39 is 35.4 Å². The molecule has 0 radical (unpaired) electrons. The van der Waals surface area contributed by atoms with Crippen LogP contribution in [0.15, 0.2) is 36.5 Å². The van der Waals surface area contributed by atoms with Crippen molar-refractivity contribution >= 4 is 12.0 Å². The quantitative estimate of drug-likeness (QED) is 0.665. The van der Waals surface area contributed by atoms with Crippen molar-refractivity contribution in [2.24, 2.45) is 0 Å². The van der Waals surface area contributed by atoms with Crippen LogP contribution in [0.3, 0.4) is 0 Å². The van der Waals surface area contributed by atoms with Gasteiger partial charge in [-0.05, 0) is 44.5 Å². The molecule has 1 amide bonds. The molecule has 0 bridgehead atoms. The third kappa shape index (κ3) is 5.17. The molecule has 1 aromatic heterocycles. The Morgan fingerprint density at radius 2 is 1.77 bits per heavy atom. The molecule has 1 aliphatic heterocycles. The van der Waals surface area contributed by atoms with E-state index in [4.69, 9.17) is 4.74 Å². The summed E-state index contributed by atoms with van der Waals surface area (Å²) < 4.78 is 58.1. The number of hydrogen-bond donors (Lipinski definition) is 0. The fourth-order valence-corrected chi connectivity index (χ4v) is 3.13. The summed E-state index contributed by atoms with van der Waals surface area (Å²) in [5.41, 5.74) is -1.13. The van der Waals surface area contributed by atoms with Crippen LogP contribution in [0.2, 0.25) is 0 Å². The molecule has 1 saturated heterocycles.